The van der Waals surface area contributed by atoms with Crippen molar-refractivity contribution < 1.29 is 4.79 Å². The molecule has 1 aromatic carbocycles. The van der Waals surface area contributed by atoms with Crippen LogP contribution in [0.1, 0.15) is 30.4 Å². The number of fused-ring (bicyclic) bond motifs is 2. The van der Waals surface area contributed by atoms with Gasteiger partial charge in [-0.1, -0.05) is 24.3 Å². The summed E-state index contributed by atoms with van der Waals surface area (Å²) in [5, 5.41) is 3.19. The number of nitrogens with zero attached hydrogens (tertiary/aromatic N) is 2. The molecule has 3 aliphatic rings. The molecule has 2 fully saturated rings. The highest BCUT2D eigenvalue weighted by atomic mass is 35.5. The molecule has 6 heteroatoms. The van der Waals surface area contributed by atoms with Gasteiger partial charge in [-0.25, -0.2) is 0 Å². The van der Waals surface area contributed by atoms with E-state index in [0.717, 1.165) is 38.9 Å². The van der Waals surface area contributed by atoms with Crippen molar-refractivity contribution in [1.29, 1.82) is 0 Å². The Hall–Kier alpha value is -0.810. The lowest BCUT2D eigenvalue weighted by molar-refractivity contribution is -0.141. The molecule has 0 aromatic heterocycles. The minimum absolute atomic E-state index is 0. The van der Waals surface area contributed by atoms with Gasteiger partial charge in [0.15, 0.2) is 0 Å². The third kappa shape index (κ3) is 4.19. The Balaban J connectivity index is 0.00000121. The molecule has 1 aliphatic carbocycles. The average molecular weight is 400 g/mol. The second-order valence-corrected chi connectivity index (χ2v) is 7.67. The number of carbonyl (C=O) groups is 1. The minimum Gasteiger partial charge on any atom is -0.338 e. The molecule has 0 unspecified atom stereocenters. The zero-order valence-corrected chi connectivity index (χ0v) is 17.2. The lowest BCUT2D eigenvalue weighted by Crippen LogP contribution is -2.58. The number of piperidine rings is 2. The number of amides is 1. The highest BCUT2D eigenvalue weighted by molar-refractivity contribution is 5.85. The van der Waals surface area contributed by atoms with Crippen LogP contribution in [0.2, 0.25) is 0 Å². The Morgan fingerprint density at radius 3 is 2.46 bits per heavy atom. The SMILES string of the molecule is CNCCN1C(=O)CC[C@H]2CN(C3Cc4ccccc4C3)CC[C@H]21.Cl.Cl. The summed E-state index contributed by atoms with van der Waals surface area (Å²) in [6, 6.07) is 10.1. The van der Waals surface area contributed by atoms with Crippen molar-refractivity contribution in [2.24, 2.45) is 5.92 Å². The van der Waals surface area contributed by atoms with Crippen LogP contribution in [0.3, 0.4) is 0 Å². The molecular formula is C20H31Cl2N3O. The first kappa shape index (κ1) is 21.5. The fourth-order valence-corrected chi connectivity index (χ4v) is 5.03. The minimum atomic E-state index is 0. The Morgan fingerprint density at radius 2 is 1.81 bits per heavy atom. The first-order valence-corrected chi connectivity index (χ1v) is 9.51. The van der Waals surface area contributed by atoms with Crippen LogP contribution in [-0.2, 0) is 17.6 Å². The lowest BCUT2D eigenvalue weighted by atomic mass is 9.83. The maximum Gasteiger partial charge on any atom is 0.222 e. The van der Waals surface area contributed by atoms with Gasteiger partial charge in [0.2, 0.25) is 5.91 Å². The zero-order chi connectivity index (χ0) is 16.5. The van der Waals surface area contributed by atoms with E-state index in [4.69, 9.17) is 0 Å². The lowest BCUT2D eigenvalue weighted by Gasteiger charge is -2.48. The molecule has 2 atom stereocenters. The van der Waals surface area contributed by atoms with E-state index in [1.165, 1.54) is 19.4 Å². The average Bonchev–Trinajstić information content (AvgIpc) is 3.05. The topological polar surface area (TPSA) is 35.6 Å². The molecule has 0 saturated carbocycles. The number of halogens is 2. The van der Waals surface area contributed by atoms with E-state index in [2.05, 4.69) is 39.4 Å². The van der Waals surface area contributed by atoms with E-state index in [-0.39, 0.29) is 24.8 Å². The largest absolute Gasteiger partial charge is 0.338 e. The number of likely N-dealkylation sites (N-methyl/N-ethyl adjacent to an activating group) is 1. The molecule has 1 amide bonds. The van der Waals surface area contributed by atoms with E-state index >= 15 is 0 Å². The summed E-state index contributed by atoms with van der Waals surface area (Å²) in [4.78, 5) is 17.2. The molecule has 146 valence electrons. The van der Waals surface area contributed by atoms with E-state index < -0.39 is 0 Å². The van der Waals surface area contributed by atoms with Gasteiger partial charge in [0.05, 0.1) is 0 Å². The van der Waals surface area contributed by atoms with Crippen molar-refractivity contribution >= 4 is 30.7 Å². The summed E-state index contributed by atoms with van der Waals surface area (Å²) in [7, 11) is 1.96. The maximum absolute atomic E-state index is 12.3. The molecule has 0 spiro atoms. The van der Waals surface area contributed by atoms with Crippen molar-refractivity contribution in [3.05, 3.63) is 35.4 Å². The Kier molecular flexibility index (Phi) is 7.77. The maximum atomic E-state index is 12.3. The highest BCUT2D eigenvalue weighted by Gasteiger charge is 2.41. The number of likely N-dealkylation sites (tertiary alicyclic amines) is 2. The van der Waals surface area contributed by atoms with E-state index in [1.807, 2.05) is 7.05 Å². The van der Waals surface area contributed by atoms with Gasteiger partial charge >= 0.3 is 0 Å². The predicted molar refractivity (Wildman–Crippen MR) is 110 cm³/mol. The van der Waals surface area contributed by atoms with Crippen LogP contribution in [0.15, 0.2) is 24.3 Å². The van der Waals surface area contributed by atoms with Crippen molar-refractivity contribution in [2.75, 3.05) is 33.2 Å². The molecule has 4 rings (SSSR count). The quantitative estimate of drug-likeness (QED) is 0.844. The standard InChI is InChI=1S/C20H29N3O.2ClH/c1-21-9-11-23-19-8-10-22(14-17(19)6-7-20(23)24)18-12-15-4-2-3-5-16(15)13-18;;/h2-5,17-19,21H,6-14H2,1H3;2*1H/t17-,19+;;/m0../s1. The molecule has 1 aromatic rings. The predicted octanol–water partition coefficient (Wildman–Crippen LogP) is 2.53. The van der Waals surface area contributed by atoms with Gasteiger partial charge in [0, 0.05) is 44.7 Å². The third-order valence-corrected chi connectivity index (χ3v) is 6.32. The molecule has 4 nitrogen and oxygen atoms in total. The van der Waals surface area contributed by atoms with Gasteiger partial charge in [0.1, 0.15) is 0 Å². The fraction of sp³-hybridized carbons (Fsp3) is 0.650. The number of hydrogen-bond acceptors (Lipinski definition) is 3. The van der Waals surface area contributed by atoms with Crippen LogP contribution in [0.5, 0.6) is 0 Å². The first-order valence-electron chi connectivity index (χ1n) is 9.51. The Bertz CT molecular complexity index is 587. The summed E-state index contributed by atoms with van der Waals surface area (Å²) >= 11 is 0. The monoisotopic (exact) mass is 399 g/mol. The molecule has 2 aliphatic heterocycles. The Morgan fingerprint density at radius 1 is 1.12 bits per heavy atom. The third-order valence-electron chi connectivity index (χ3n) is 6.32. The van der Waals surface area contributed by atoms with Crippen LogP contribution in [-0.4, -0.2) is 61.0 Å². The van der Waals surface area contributed by atoms with Gasteiger partial charge in [-0.15, -0.1) is 24.8 Å². The summed E-state index contributed by atoms with van der Waals surface area (Å²) in [5.74, 6) is 1.03. The summed E-state index contributed by atoms with van der Waals surface area (Å²) in [6.07, 6.45) is 5.37. The summed E-state index contributed by atoms with van der Waals surface area (Å²) in [6.45, 7) is 4.08. The zero-order valence-electron chi connectivity index (χ0n) is 15.5. The van der Waals surface area contributed by atoms with Crippen LogP contribution in [0, 0.1) is 5.92 Å². The number of benzene rings is 1. The van der Waals surface area contributed by atoms with Crippen molar-refractivity contribution in [3.8, 4) is 0 Å². The molecule has 26 heavy (non-hydrogen) atoms. The summed E-state index contributed by atoms with van der Waals surface area (Å²) in [5.41, 5.74) is 3.08. The number of hydrogen-bond donors (Lipinski definition) is 1. The number of rotatable bonds is 4. The van der Waals surface area contributed by atoms with Crippen molar-refractivity contribution in [2.45, 2.75) is 44.2 Å². The van der Waals surface area contributed by atoms with Crippen LogP contribution in [0.25, 0.3) is 0 Å². The highest BCUT2D eigenvalue weighted by Crippen LogP contribution is 2.34. The molecule has 2 heterocycles. The van der Waals surface area contributed by atoms with Crippen molar-refractivity contribution in [3.63, 3.8) is 0 Å². The normalized spacial score (nSPS) is 25.9. The van der Waals surface area contributed by atoms with Gasteiger partial charge in [-0.3, -0.25) is 9.69 Å². The van der Waals surface area contributed by atoms with Crippen LogP contribution in [0.4, 0.5) is 0 Å². The second kappa shape index (κ2) is 9.41. The van der Waals surface area contributed by atoms with Gasteiger partial charge in [-0.2, -0.15) is 0 Å². The molecular weight excluding hydrogens is 369 g/mol. The molecule has 0 bridgehead atoms. The number of nitrogens with one attached hydrogen (secondary N) is 1. The second-order valence-electron chi connectivity index (χ2n) is 7.67. The summed E-state index contributed by atoms with van der Waals surface area (Å²) < 4.78 is 0. The Labute approximate surface area is 169 Å². The molecule has 2 saturated heterocycles. The first-order chi connectivity index (χ1) is 11.8. The van der Waals surface area contributed by atoms with Gasteiger partial charge < -0.3 is 10.2 Å². The molecule has 0 radical (unpaired) electrons. The fourth-order valence-electron chi connectivity index (χ4n) is 5.03. The number of carbonyl (C=O) groups excluding carboxylic acids is 1. The van der Waals surface area contributed by atoms with E-state index in [1.54, 1.807) is 11.1 Å². The van der Waals surface area contributed by atoms with Gasteiger partial charge in [0.25, 0.3) is 0 Å². The molecule has 1 N–H and O–H groups in total. The van der Waals surface area contributed by atoms with Crippen molar-refractivity contribution in [1.82, 2.24) is 15.1 Å². The van der Waals surface area contributed by atoms with Crippen LogP contribution < -0.4 is 5.32 Å². The van der Waals surface area contributed by atoms with Crippen LogP contribution >= 0.6 is 24.8 Å². The van der Waals surface area contributed by atoms with Gasteiger partial charge in [-0.05, 0) is 49.8 Å². The smallest absolute Gasteiger partial charge is 0.222 e. The van der Waals surface area contributed by atoms with E-state index in [9.17, 15) is 4.79 Å². The van der Waals surface area contributed by atoms with E-state index in [0.29, 0.717) is 23.9 Å².